The topological polar surface area (TPSA) is 18.5 Å². The van der Waals surface area contributed by atoms with Crippen molar-refractivity contribution < 1.29 is 27.0 Å². The van der Waals surface area contributed by atoms with E-state index in [0.29, 0.717) is 42.7 Å². The van der Waals surface area contributed by atoms with E-state index in [9.17, 15) is 17.6 Å². The first-order valence-electron chi connectivity index (χ1n) is 11.8. The number of methoxy groups -OCH3 is 1. The van der Waals surface area contributed by atoms with Crippen LogP contribution < -0.4 is 0 Å². The van der Waals surface area contributed by atoms with Crippen molar-refractivity contribution in [2.75, 3.05) is 13.7 Å². The summed E-state index contributed by atoms with van der Waals surface area (Å²) < 4.78 is 68.0. The van der Waals surface area contributed by atoms with Crippen molar-refractivity contribution in [3.8, 4) is 0 Å². The molecule has 0 amide bonds. The third kappa shape index (κ3) is 6.08. The van der Waals surface area contributed by atoms with Gasteiger partial charge >= 0.3 is 0 Å². The third-order valence-corrected chi connectivity index (χ3v) is 7.20. The Bertz CT molecular complexity index is 892. The maximum absolute atomic E-state index is 15.0. The van der Waals surface area contributed by atoms with Gasteiger partial charge in [-0.05, 0) is 67.4 Å². The van der Waals surface area contributed by atoms with Crippen LogP contribution in [0.4, 0.5) is 17.6 Å². The van der Waals surface area contributed by atoms with E-state index in [1.165, 1.54) is 7.11 Å². The molecule has 0 bridgehead atoms. The maximum Gasteiger partial charge on any atom is 0.200 e. The Morgan fingerprint density at radius 1 is 0.848 bits per heavy atom. The lowest BCUT2D eigenvalue weighted by Crippen LogP contribution is -2.22. The number of allylic oxidation sites excluding steroid dienone is 1. The minimum absolute atomic E-state index is 0.0814. The molecular weight excluding hydrogens is 432 g/mol. The first-order chi connectivity index (χ1) is 15.7. The van der Waals surface area contributed by atoms with E-state index in [0.717, 1.165) is 25.7 Å². The monoisotopic (exact) mass is 466 g/mol. The van der Waals surface area contributed by atoms with Crippen LogP contribution in [0.1, 0.15) is 81.3 Å². The molecule has 0 aliphatic heterocycles. The van der Waals surface area contributed by atoms with Crippen LogP contribution in [0, 0.1) is 17.6 Å². The van der Waals surface area contributed by atoms with Crippen LogP contribution in [0.15, 0.2) is 48.3 Å². The van der Waals surface area contributed by atoms with Crippen LogP contribution in [0.5, 0.6) is 0 Å². The molecular formula is C27H34F4O2. The fraction of sp³-hybridized carbons (Fsp3) is 0.556. The van der Waals surface area contributed by atoms with Gasteiger partial charge in [0.25, 0.3) is 0 Å². The number of hydrogen-bond donors (Lipinski definition) is 0. The highest BCUT2D eigenvalue weighted by Crippen LogP contribution is 2.40. The second kappa shape index (κ2) is 11.4. The molecule has 0 aromatic heterocycles. The molecule has 2 nitrogen and oxygen atoms in total. The molecule has 1 aromatic carbocycles. The van der Waals surface area contributed by atoms with Crippen molar-refractivity contribution in [2.45, 2.75) is 76.2 Å². The van der Waals surface area contributed by atoms with Gasteiger partial charge in [0, 0.05) is 5.57 Å². The summed E-state index contributed by atoms with van der Waals surface area (Å²) in [6, 6.07) is 3.53. The van der Waals surface area contributed by atoms with E-state index >= 15 is 0 Å². The Kier molecular flexibility index (Phi) is 8.80. The lowest BCUT2D eigenvalue weighted by molar-refractivity contribution is 0.0380. The largest absolute Gasteiger partial charge is 0.494 e. The zero-order chi connectivity index (χ0) is 24.1. The van der Waals surface area contributed by atoms with E-state index in [1.54, 1.807) is 12.1 Å². The van der Waals surface area contributed by atoms with Crippen molar-refractivity contribution in [1.82, 2.24) is 0 Å². The van der Waals surface area contributed by atoms with E-state index in [4.69, 9.17) is 4.74 Å². The second-order valence-electron chi connectivity index (χ2n) is 9.47. The van der Waals surface area contributed by atoms with Crippen LogP contribution in [-0.2, 0) is 9.47 Å². The summed E-state index contributed by atoms with van der Waals surface area (Å²) in [6.07, 6.45) is 6.28. The van der Waals surface area contributed by atoms with Gasteiger partial charge in [0.15, 0.2) is 23.3 Å². The molecule has 0 N–H and O–H groups in total. The minimum Gasteiger partial charge on any atom is -0.494 e. The molecule has 182 valence electrons. The Labute approximate surface area is 194 Å². The molecule has 0 radical (unpaired) electrons. The maximum atomic E-state index is 15.0. The van der Waals surface area contributed by atoms with Crippen LogP contribution in [0.2, 0.25) is 0 Å². The van der Waals surface area contributed by atoms with Crippen LogP contribution >= 0.6 is 0 Å². The third-order valence-electron chi connectivity index (χ3n) is 7.20. The lowest BCUT2D eigenvalue weighted by atomic mass is 9.77. The smallest absolute Gasteiger partial charge is 0.200 e. The van der Waals surface area contributed by atoms with Gasteiger partial charge in [0.1, 0.15) is 5.76 Å². The summed E-state index contributed by atoms with van der Waals surface area (Å²) >= 11 is 0. The standard InChI is InChI=1S/C27H34F4O2/c1-16-5-7-19(8-6-16)22-13-14-23(27(31)26(22)30)20-9-11-21(12-10-20)33-15-17(2)24(28)25(29)18(3)32-4/h13-14,16,19-21H,2-3,5-12,15H2,1,4H3/b25-24-. The normalized spacial score (nSPS) is 26.5. The second-order valence-corrected chi connectivity index (χ2v) is 9.47. The molecule has 2 fully saturated rings. The molecule has 6 heteroatoms. The molecule has 3 rings (SSSR count). The average molecular weight is 467 g/mol. The Hall–Kier alpha value is -2.08. The summed E-state index contributed by atoms with van der Waals surface area (Å²) in [5.74, 6) is -3.48. The molecule has 0 atom stereocenters. The van der Waals surface area contributed by atoms with Gasteiger partial charge < -0.3 is 9.47 Å². The number of rotatable bonds is 8. The van der Waals surface area contributed by atoms with Crippen LogP contribution in [0.25, 0.3) is 0 Å². The van der Waals surface area contributed by atoms with E-state index in [1.807, 2.05) is 0 Å². The van der Waals surface area contributed by atoms with Crippen LogP contribution in [-0.4, -0.2) is 19.8 Å². The molecule has 2 saturated carbocycles. The van der Waals surface area contributed by atoms with Crippen molar-refractivity contribution in [2.24, 2.45) is 5.92 Å². The molecule has 2 aliphatic rings. The summed E-state index contributed by atoms with van der Waals surface area (Å²) in [5, 5.41) is 0. The van der Waals surface area contributed by atoms with Gasteiger partial charge in [0.2, 0.25) is 0 Å². The van der Waals surface area contributed by atoms with Gasteiger partial charge in [-0.2, -0.15) is 4.39 Å². The molecule has 0 saturated heterocycles. The lowest BCUT2D eigenvalue weighted by Gasteiger charge is -2.30. The Morgan fingerprint density at radius 2 is 1.33 bits per heavy atom. The summed E-state index contributed by atoms with van der Waals surface area (Å²) in [5.41, 5.74) is 0.809. The first kappa shape index (κ1) is 25.5. The summed E-state index contributed by atoms with van der Waals surface area (Å²) in [4.78, 5) is 0. The fourth-order valence-corrected chi connectivity index (χ4v) is 4.97. The number of hydrogen-bond acceptors (Lipinski definition) is 2. The molecule has 0 heterocycles. The van der Waals surface area contributed by atoms with Gasteiger partial charge in [-0.25, -0.2) is 13.2 Å². The number of halogens is 4. The fourth-order valence-electron chi connectivity index (χ4n) is 4.97. The van der Waals surface area contributed by atoms with E-state index in [-0.39, 0.29) is 30.1 Å². The van der Waals surface area contributed by atoms with E-state index in [2.05, 4.69) is 24.8 Å². The van der Waals surface area contributed by atoms with Crippen molar-refractivity contribution in [3.63, 3.8) is 0 Å². The number of ether oxygens (including phenoxy) is 2. The highest BCUT2D eigenvalue weighted by atomic mass is 19.2. The van der Waals surface area contributed by atoms with Crippen molar-refractivity contribution in [1.29, 1.82) is 0 Å². The Morgan fingerprint density at radius 3 is 1.82 bits per heavy atom. The summed E-state index contributed by atoms with van der Waals surface area (Å²) in [7, 11) is 1.20. The average Bonchev–Trinajstić information content (AvgIpc) is 2.83. The predicted octanol–water partition coefficient (Wildman–Crippen LogP) is 8.17. The predicted molar refractivity (Wildman–Crippen MR) is 122 cm³/mol. The Balaban J connectivity index is 1.55. The van der Waals surface area contributed by atoms with Gasteiger partial charge in [0.05, 0.1) is 19.8 Å². The number of benzene rings is 1. The highest BCUT2D eigenvalue weighted by Gasteiger charge is 2.29. The van der Waals surface area contributed by atoms with Gasteiger partial charge in [-0.3, -0.25) is 0 Å². The molecule has 0 spiro atoms. The van der Waals surface area contributed by atoms with Gasteiger partial charge in [-0.1, -0.05) is 45.1 Å². The SMILES string of the molecule is C=C(COC1CCC(c2ccc(C3CCC(C)CC3)c(F)c2F)CC1)/C(F)=C(/F)C(=C)OC. The van der Waals surface area contributed by atoms with Crippen LogP contribution in [0.3, 0.4) is 0 Å². The summed E-state index contributed by atoms with van der Waals surface area (Å²) in [6.45, 7) is 8.84. The van der Waals surface area contributed by atoms with Crippen molar-refractivity contribution >= 4 is 0 Å². The zero-order valence-electron chi connectivity index (χ0n) is 19.6. The molecule has 33 heavy (non-hydrogen) atoms. The highest BCUT2D eigenvalue weighted by molar-refractivity contribution is 5.33. The van der Waals surface area contributed by atoms with Crippen molar-refractivity contribution in [3.05, 3.63) is 71.0 Å². The quantitative estimate of drug-likeness (QED) is 0.219. The van der Waals surface area contributed by atoms with E-state index < -0.39 is 29.0 Å². The molecule has 1 aromatic rings. The van der Waals surface area contributed by atoms with Gasteiger partial charge in [-0.15, -0.1) is 0 Å². The minimum atomic E-state index is -1.20. The molecule has 0 unspecified atom stereocenters. The zero-order valence-corrected chi connectivity index (χ0v) is 19.6. The molecule has 2 aliphatic carbocycles. The first-order valence-corrected chi connectivity index (χ1v) is 11.8.